The quantitative estimate of drug-likeness (QED) is 0.739. The molecule has 2 aromatic rings. The van der Waals surface area contributed by atoms with Crippen LogP contribution >= 0.6 is 23.2 Å². The molecule has 20 heavy (non-hydrogen) atoms. The van der Waals surface area contributed by atoms with Crippen molar-refractivity contribution in [3.63, 3.8) is 0 Å². The van der Waals surface area contributed by atoms with Gasteiger partial charge in [0.1, 0.15) is 5.82 Å². The molecule has 106 valence electrons. The van der Waals surface area contributed by atoms with Crippen molar-refractivity contribution in [2.24, 2.45) is 0 Å². The van der Waals surface area contributed by atoms with Crippen molar-refractivity contribution in [1.29, 1.82) is 0 Å². The van der Waals surface area contributed by atoms with Crippen LogP contribution < -0.4 is 5.32 Å². The fourth-order valence-electron chi connectivity index (χ4n) is 2.01. The van der Waals surface area contributed by atoms with Crippen LogP contribution in [-0.2, 0) is 6.54 Å². The summed E-state index contributed by atoms with van der Waals surface area (Å²) in [5.41, 5.74) is 2.12. The number of hydrogen-bond donors (Lipinski definition) is 1. The molecule has 0 aromatic heterocycles. The van der Waals surface area contributed by atoms with Gasteiger partial charge in [-0.2, -0.15) is 0 Å². The zero-order chi connectivity index (χ0) is 14.5. The van der Waals surface area contributed by atoms with Crippen LogP contribution in [0.25, 0.3) is 11.1 Å². The molecular formula is C16H16Cl2FN. The highest BCUT2D eigenvalue weighted by Crippen LogP contribution is 2.35. The molecule has 0 spiro atoms. The normalized spacial score (nSPS) is 10.8. The zero-order valence-corrected chi connectivity index (χ0v) is 12.7. The standard InChI is InChI=1S/C16H16Cl2FN/c1-2-8-20-10-11-6-7-15(19)13(9-11)12-4-3-5-14(17)16(12)18/h3-7,9,20H,2,8,10H2,1H3. The van der Waals surface area contributed by atoms with E-state index in [1.54, 1.807) is 24.3 Å². The second kappa shape index (κ2) is 7.07. The number of halogens is 3. The summed E-state index contributed by atoms with van der Waals surface area (Å²) in [6.07, 6.45) is 1.06. The second-order valence-electron chi connectivity index (χ2n) is 4.59. The fourth-order valence-corrected chi connectivity index (χ4v) is 2.41. The molecule has 2 aromatic carbocycles. The van der Waals surface area contributed by atoms with Crippen molar-refractivity contribution >= 4 is 23.2 Å². The van der Waals surface area contributed by atoms with Crippen molar-refractivity contribution < 1.29 is 4.39 Å². The molecule has 0 heterocycles. The Labute approximate surface area is 128 Å². The Hall–Kier alpha value is -1.09. The van der Waals surface area contributed by atoms with Crippen LogP contribution in [0.1, 0.15) is 18.9 Å². The maximum atomic E-state index is 14.0. The first-order valence-corrected chi connectivity index (χ1v) is 7.32. The van der Waals surface area contributed by atoms with Gasteiger partial charge in [0.25, 0.3) is 0 Å². The average Bonchev–Trinajstić information content (AvgIpc) is 2.44. The first-order valence-electron chi connectivity index (χ1n) is 6.57. The summed E-state index contributed by atoms with van der Waals surface area (Å²) in [7, 11) is 0. The second-order valence-corrected chi connectivity index (χ2v) is 5.38. The molecule has 0 aliphatic rings. The van der Waals surface area contributed by atoms with Crippen LogP contribution in [-0.4, -0.2) is 6.54 Å². The highest BCUT2D eigenvalue weighted by molar-refractivity contribution is 6.43. The summed E-state index contributed by atoms with van der Waals surface area (Å²) < 4.78 is 14.0. The van der Waals surface area contributed by atoms with Gasteiger partial charge in [-0.25, -0.2) is 4.39 Å². The van der Waals surface area contributed by atoms with Crippen LogP contribution in [0.5, 0.6) is 0 Å². The van der Waals surface area contributed by atoms with Gasteiger partial charge in [-0.15, -0.1) is 0 Å². The Bertz CT molecular complexity index is 599. The minimum atomic E-state index is -0.298. The largest absolute Gasteiger partial charge is 0.313 e. The smallest absolute Gasteiger partial charge is 0.131 e. The van der Waals surface area contributed by atoms with Gasteiger partial charge >= 0.3 is 0 Å². The van der Waals surface area contributed by atoms with Crippen LogP contribution in [0.4, 0.5) is 4.39 Å². The van der Waals surface area contributed by atoms with Gasteiger partial charge in [-0.05, 0) is 36.7 Å². The minimum absolute atomic E-state index is 0.298. The Morgan fingerprint density at radius 3 is 2.65 bits per heavy atom. The van der Waals surface area contributed by atoms with Crippen molar-refractivity contribution in [2.75, 3.05) is 6.54 Å². The maximum Gasteiger partial charge on any atom is 0.131 e. The van der Waals surface area contributed by atoms with E-state index in [1.165, 1.54) is 6.07 Å². The van der Waals surface area contributed by atoms with E-state index in [2.05, 4.69) is 12.2 Å². The lowest BCUT2D eigenvalue weighted by molar-refractivity contribution is 0.628. The van der Waals surface area contributed by atoms with E-state index < -0.39 is 0 Å². The summed E-state index contributed by atoms with van der Waals surface area (Å²) in [5, 5.41) is 4.10. The molecule has 0 aliphatic carbocycles. The molecule has 4 heteroatoms. The summed E-state index contributed by atoms with van der Waals surface area (Å²) in [5.74, 6) is -0.298. The molecule has 0 saturated carbocycles. The van der Waals surface area contributed by atoms with E-state index >= 15 is 0 Å². The number of nitrogens with one attached hydrogen (secondary N) is 1. The van der Waals surface area contributed by atoms with Crippen molar-refractivity contribution in [1.82, 2.24) is 5.32 Å². The van der Waals surface area contributed by atoms with Gasteiger partial charge in [0.15, 0.2) is 0 Å². The van der Waals surface area contributed by atoms with Gasteiger partial charge in [0.2, 0.25) is 0 Å². The van der Waals surface area contributed by atoms with E-state index in [4.69, 9.17) is 23.2 Å². The Kier molecular flexibility index (Phi) is 5.41. The monoisotopic (exact) mass is 311 g/mol. The number of benzene rings is 2. The first kappa shape index (κ1) is 15.3. The number of rotatable bonds is 5. The van der Waals surface area contributed by atoms with Crippen LogP contribution in [0.3, 0.4) is 0 Å². The highest BCUT2D eigenvalue weighted by Gasteiger charge is 2.11. The average molecular weight is 312 g/mol. The minimum Gasteiger partial charge on any atom is -0.313 e. The van der Waals surface area contributed by atoms with Crippen molar-refractivity contribution in [2.45, 2.75) is 19.9 Å². The Morgan fingerprint density at radius 1 is 1.10 bits per heavy atom. The number of hydrogen-bond acceptors (Lipinski definition) is 1. The lowest BCUT2D eigenvalue weighted by Crippen LogP contribution is -2.13. The molecular weight excluding hydrogens is 296 g/mol. The third-order valence-corrected chi connectivity index (χ3v) is 3.85. The van der Waals surface area contributed by atoms with E-state index in [9.17, 15) is 4.39 Å². The van der Waals surface area contributed by atoms with Crippen LogP contribution in [0.2, 0.25) is 10.0 Å². The predicted molar refractivity (Wildman–Crippen MR) is 83.9 cm³/mol. The highest BCUT2D eigenvalue weighted by atomic mass is 35.5. The summed E-state index contributed by atoms with van der Waals surface area (Å²) in [4.78, 5) is 0. The molecule has 0 fully saturated rings. The molecule has 0 amide bonds. The maximum absolute atomic E-state index is 14.0. The first-order chi connectivity index (χ1) is 9.63. The molecule has 0 unspecified atom stereocenters. The Balaban J connectivity index is 2.35. The van der Waals surface area contributed by atoms with Crippen molar-refractivity contribution in [3.05, 3.63) is 57.8 Å². The molecule has 0 bridgehead atoms. The van der Waals surface area contributed by atoms with Gasteiger partial charge in [-0.3, -0.25) is 0 Å². The summed E-state index contributed by atoms with van der Waals surface area (Å²) in [6.45, 7) is 3.75. The van der Waals surface area contributed by atoms with Gasteiger partial charge < -0.3 is 5.32 Å². The third kappa shape index (κ3) is 3.51. The topological polar surface area (TPSA) is 12.0 Å². The molecule has 0 aliphatic heterocycles. The molecule has 2 rings (SSSR count). The molecule has 0 saturated heterocycles. The summed E-state index contributed by atoms with van der Waals surface area (Å²) >= 11 is 12.2. The van der Waals surface area contributed by atoms with Crippen LogP contribution in [0.15, 0.2) is 36.4 Å². The SMILES string of the molecule is CCCNCc1ccc(F)c(-c2cccc(Cl)c2Cl)c1. The lowest BCUT2D eigenvalue weighted by Gasteiger charge is -2.10. The Morgan fingerprint density at radius 2 is 1.90 bits per heavy atom. The van der Waals surface area contributed by atoms with E-state index in [0.29, 0.717) is 27.7 Å². The van der Waals surface area contributed by atoms with Crippen molar-refractivity contribution in [3.8, 4) is 11.1 Å². The summed E-state index contributed by atoms with van der Waals surface area (Å²) in [6, 6.07) is 10.3. The predicted octanol–water partition coefficient (Wildman–Crippen LogP) is 5.30. The molecule has 0 radical (unpaired) electrons. The van der Waals surface area contributed by atoms with E-state index in [1.807, 2.05) is 6.07 Å². The van der Waals surface area contributed by atoms with Gasteiger partial charge in [-0.1, -0.05) is 48.3 Å². The zero-order valence-electron chi connectivity index (χ0n) is 11.2. The van der Waals surface area contributed by atoms with E-state index in [0.717, 1.165) is 18.5 Å². The third-order valence-electron chi connectivity index (χ3n) is 3.03. The van der Waals surface area contributed by atoms with E-state index in [-0.39, 0.29) is 5.82 Å². The molecule has 1 nitrogen and oxygen atoms in total. The lowest BCUT2D eigenvalue weighted by atomic mass is 10.0. The molecule has 1 N–H and O–H groups in total. The van der Waals surface area contributed by atoms with Crippen LogP contribution in [0, 0.1) is 5.82 Å². The molecule has 0 atom stereocenters. The van der Waals surface area contributed by atoms with Gasteiger partial charge in [0, 0.05) is 17.7 Å². The van der Waals surface area contributed by atoms with Gasteiger partial charge in [0.05, 0.1) is 10.0 Å². The fraction of sp³-hybridized carbons (Fsp3) is 0.250.